The Morgan fingerprint density at radius 3 is 2.73 bits per heavy atom. The molecule has 2 nitrogen and oxygen atoms in total. The van der Waals surface area contributed by atoms with E-state index in [1.807, 2.05) is 18.2 Å². The van der Waals surface area contributed by atoms with Gasteiger partial charge in [-0.1, -0.05) is 23.7 Å². The van der Waals surface area contributed by atoms with Crippen molar-refractivity contribution >= 4 is 11.6 Å². The fourth-order valence-corrected chi connectivity index (χ4v) is 2.18. The first-order valence-electron chi connectivity index (χ1n) is 5.32. The lowest BCUT2D eigenvalue weighted by atomic mass is 10.1. The van der Waals surface area contributed by atoms with E-state index in [1.54, 1.807) is 0 Å². The topological polar surface area (TPSA) is 29.3 Å². The predicted molar refractivity (Wildman–Crippen MR) is 63.9 cm³/mol. The summed E-state index contributed by atoms with van der Waals surface area (Å²) in [5.41, 5.74) is 7.31. The highest BCUT2D eigenvalue weighted by atomic mass is 35.5. The van der Waals surface area contributed by atoms with E-state index in [0.717, 1.165) is 18.1 Å². The predicted octanol–water partition coefficient (Wildman–Crippen LogP) is 2.26. The van der Waals surface area contributed by atoms with E-state index in [4.69, 9.17) is 17.3 Å². The smallest absolute Gasteiger partial charge is 0.0409 e. The SMILES string of the molecule is CN(Cc1cccc(Cl)c1)C1(CN)CC1. The Labute approximate surface area is 96.0 Å². The average Bonchev–Trinajstić information content (AvgIpc) is 2.98. The van der Waals surface area contributed by atoms with Crippen molar-refractivity contribution in [1.82, 2.24) is 4.90 Å². The molecule has 1 saturated carbocycles. The number of hydrogen-bond donors (Lipinski definition) is 1. The van der Waals surface area contributed by atoms with Gasteiger partial charge in [-0.15, -0.1) is 0 Å². The second kappa shape index (κ2) is 4.12. The molecule has 0 saturated heterocycles. The summed E-state index contributed by atoms with van der Waals surface area (Å²) in [5, 5.41) is 0.804. The van der Waals surface area contributed by atoms with Gasteiger partial charge in [-0.2, -0.15) is 0 Å². The minimum absolute atomic E-state index is 0.266. The maximum absolute atomic E-state index is 5.95. The number of hydrogen-bond acceptors (Lipinski definition) is 2. The zero-order chi connectivity index (χ0) is 10.9. The van der Waals surface area contributed by atoms with Crippen LogP contribution in [0.4, 0.5) is 0 Å². The molecule has 1 aliphatic rings. The molecule has 1 aromatic rings. The van der Waals surface area contributed by atoms with Gasteiger partial charge in [0, 0.05) is 23.7 Å². The van der Waals surface area contributed by atoms with Crippen LogP contribution in [0.2, 0.25) is 5.02 Å². The maximum atomic E-state index is 5.95. The van der Waals surface area contributed by atoms with E-state index in [-0.39, 0.29) is 5.54 Å². The molecule has 1 aliphatic carbocycles. The number of likely N-dealkylation sites (N-methyl/N-ethyl adjacent to an activating group) is 1. The summed E-state index contributed by atoms with van der Waals surface area (Å²) in [4.78, 5) is 2.35. The van der Waals surface area contributed by atoms with Crippen LogP contribution in [0.5, 0.6) is 0 Å². The normalized spacial score (nSPS) is 18.1. The average molecular weight is 225 g/mol. The Hall–Kier alpha value is -0.570. The van der Waals surface area contributed by atoms with Crippen LogP contribution < -0.4 is 5.73 Å². The number of rotatable bonds is 4. The van der Waals surface area contributed by atoms with Crippen molar-refractivity contribution in [2.24, 2.45) is 5.73 Å². The van der Waals surface area contributed by atoms with Crippen LogP contribution in [-0.4, -0.2) is 24.0 Å². The van der Waals surface area contributed by atoms with E-state index >= 15 is 0 Å². The van der Waals surface area contributed by atoms with Gasteiger partial charge in [0.1, 0.15) is 0 Å². The van der Waals surface area contributed by atoms with Crippen molar-refractivity contribution in [3.63, 3.8) is 0 Å². The van der Waals surface area contributed by atoms with Gasteiger partial charge in [-0.25, -0.2) is 0 Å². The van der Waals surface area contributed by atoms with Crippen LogP contribution in [0.15, 0.2) is 24.3 Å². The Morgan fingerprint density at radius 2 is 2.20 bits per heavy atom. The van der Waals surface area contributed by atoms with Crippen LogP contribution in [0.25, 0.3) is 0 Å². The summed E-state index contributed by atoms with van der Waals surface area (Å²) < 4.78 is 0. The first kappa shape index (κ1) is 10.9. The molecule has 15 heavy (non-hydrogen) atoms. The monoisotopic (exact) mass is 224 g/mol. The summed E-state index contributed by atoms with van der Waals surface area (Å²) in [6.07, 6.45) is 2.45. The van der Waals surface area contributed by atoms with Crippen LogP contribution in [0.1, 0.15) is 18.4 Å². The summed E-state index contributed by atoms with van der Waals surface area (Å²) >= 11 is 5.95. The van der Waals surface area contributed by atoms with E-state index in [1.165, 1.54) is 18.4 Å². The summed E-state index contributed by atoms with van der Waals surface area (Å²) in [5.74, 6) is 0. The number of halogens is 1. The third-order valence-corrected chi connectivity index (χ3v) is 3.56. The highest BCUT2D eigenvalue weighted by Crippen LogP contribution is 2.40. The quantitative estimate of drug-likeness (QED) is 0.850. The molecular weight excluding hydrogens is 208 g/mol. The zero-order valence-electron chi connectivity index (χ0n) is 9.04. The molecule has 2 N–H and O–H groups in total. The Bertz CT molecular complexity index is 347. The lowest BCUT2D eigenvalue weighted by molar-refractivity contribution is 0.218. The molecule has 2 rings (SSSR count). The standard InChI is InChI=1S/C12H17ClN2/c1-15(12(9-14)5-6-12)8-10-3-2-4-11(13)7-10/h2-4,7H,5-6,8-9,14H2,1H3. The molecule has 82 valence electrons. The fraction of sp³-hybridized carbons (Fsp3) is 0.500. The minimum Gasteiger partial charge on any atom is -0.329 e. The van der Waals surface area contributed by atoms with E-state index in [2.05, 4.69) is 18.0 Å². The van der Waals surface area contributed by atoms with Crippen molar-refractivity contribution < 1.29 is 0 Å². The number of nitrogens with zero attached hydrogens (tertiary/aromatic N) is 1. The molecule has 0 radical (unpaired) electrons. The second-order valence-corrected chi connectivity index (χ2v) is 4.85. The molecule has 0 unspecified atom stereocenters. The Balaban J connectivity index is 2.03. The molecule has 0 aliphatic heterocycles. The Morgan fingerprint density at radius 1 is 1.47 bits per heavy atom. The maximum Gasteiger partial charge on any atom is 0.0409 e. The van der Waals surface area contributed by atoms with Gasteiger partial charge in [0.05, 0.1) is 0 Å². The number of nitrogens with two attached hydrogens (primary N) is 1. The van der Waals surface area contributed by atoms with Crippen LogP contribution in [0.3, 0.4) is 0 Å². The highest BCUT2D eigenvalue weighted by Gasteiger charge is 2.44. The van der Waals surface area contributed by atoms with E-state index in [0.29, 0.717) is 0 Å². The summed E-state index contributed by atoms with van der Waals surface area (Å²) in [7, 11) is 2.14. The van der Waals surface area contributed by atoms with Gasteiger partial charge in [-0.05, 0) is 37.6 Å². The molecule has 1 fully saturated rings. The third kappa shape index (κ3) is 2.33. The van der Waals surface area contributed by atoms with Gasteiger partial charge in [-0.3, -0.25) is 4.90 Å². The van der Waals surface area contributed by atoms with E-state index < -0.39 is 0 Å². The van der Waals surface area contributed by atoms with Crippen molar-refractivity contribution in [3.05, 3.63) is 34.9 Å². The van der Waals surface area contributed by atoms with Gasteiger partial charge in [0.25, 0.3) is 0 Å². The van der Waals surface area contributed by atoms with Gasteiger partial charge in [0.15, 0.2) is 0 Å². The molecule has 0 bridgehead atoms. The molecule has 0 spiro atoms. The molecule has 0 heterocycles. The second-order valence-electron chi connectivity index (χ2n) is 4.41. The molecule has 1 aromatic carbocycles. The lowest BCUT2D eigenvalue weighted by Gasteiger charge is -2.26. The zero-order valence-corrected chi connectivity index (χ0v) is 9.80. The first-order chi connectivity index (χ1) is 7.16. The third-order valence-electron chi connectivity index (χ3n) is 3.33. The van der Waals surface area contributed by atoms with Crippen molar-refractivity contribution in [3.8, 4) is 0 Å². The highest BCUT2D eigenvalue weighted by molar-refractivity contribution is 6.30. The van der Waals surface area contributed by atoms with Crippen LogP contribution in [0, 0.1) is 0 Å². The molecule has 0 aromatic heterocycles. The lowest BCUT2D eigenvalue weighted by Crippen LogP contribution is -2.39. The minimum atomic E-state index is 0.266. The first-order valence-corrected chi connectivity index (χ1v) is 5.70. The van der Waals surface area contributed by atoms with Gasteiger partial charge >= 0.3 is 0 Å². The Kier molecular flexibility index (Phi) is 3.01. The van der Waals surface area contributed by atoms with Crippen molar-refractivity contribution in [2.45, 2.75) is 24.9 Å². The molecule has 0 atom stereocenters. The van der Waals surface area contributed by atoms with Crippen LogP contribution in [-0.2, 0) is 6.54 Å². The van der Waals surface area contributed by atoms with Gasteiger partial charge in [0.2, 0.25) is 0 Å². The number of benzene rings is 1. The fourth-order valence-electron chi connectivity index (χ4n) is 1.96. The van der Waals surface area contributed by atoms with Gasteiger partial charge < -0.3 is 5.73 Å². The van der Waals surface area contributed by atoms with Crippen LogP contribution >= 0.6 is 11.6 Å². The molecular formula is C12H17ClN2. The molecule has 0 amide bonds. The van der Waals surface area contributed by atoms with Crippen molar-refractivity contribution in [1.29, 1.82) is 0 Å². The molecule has 3 heteroatoms. The van der Waals surface area contributed by atoms with E-state index in [9.17, 15) is 0 Å². The summed E-state index contributed by atoms with van der Waals surface area (Å²) in [6.45, 7) is 1.68. The van der Waals surface area contributed by atoms with Crippen molar-refractivity contribution in [2.75, 3.05) is 13.6 Å². The summed E-state index contributed by atoms with van der Waals surface area (Å²) in [6, 6.07) is 8.02. The largest absolute Gasteiger partial charge is 0.329 e.